The van der Waals surface area contributed by atoms with E-state index in [-0.39, 0.29) is 11.3 Å². The molecule has 1 aliphatic heterocycles. The monoisotopic (exact) mass is 430 g/mol. The molecule has 3 aromatic carbocycles. The van der Waals surface area contributed by atoms with Gasteiger partial charge in [0.05, 0.1) is 32.6 Å². The minimum Gasteiger partial charge on any atom is -0.497 e. The van der Waals surface area contributed by atoms with Crippen LogP contribution in [-0.2, 0) is 9.59 Å². The number of carbonyl (C=O) groups excluding carboxylic acids is 2. The van der Waals surface area contributed by atoms with Crippen molar-refractivity contribution in [3.8, 4) is 17.2 Å². The number of benzene rings is 3. The van der Waals surface area contributed by atoms with Gasteiger partial charge in [-0.2, -0.15) is 0 Å². The second-order valence-electron chi connectivity index (χ2n) is 6.98. The first-order chi connectivity index (χ1) is 15.5. The van der Waals surface area contributed by atoms with Crippen LogP contribution in [0.15, 0.2) is 78.5 Å². The van der Waals surface area contributed by atoms with Gasteiger partial charge >= 0.3 is 0 Å². The molecule has 1 aliphatic rings. The lowest BCUT2D eigenvalue weighted by atomic mass is 10.0. The third-order valence-corrected chi connectivity index (χ3v) is 5.15. The molecule has 1 N–H and O–H groups in total. The number of ether oxygens (including phenoxy) is 3. The summed E-state index contributed by atoms with van der Waals surface area (Å²) >= 11 is 0. The van der Waals surface area contributed by atoms with Gasteiger partial charge in [-0.15, -0.1) is 0 Å². The fourth-order valence-corrected chi connectivity index (χ4v) is 3.46. The van der Waals surface area contributed by atoms with Gasteiger partial charge in [0, 0.05) is 5.69 Å². The number of carbonyl (C=O) groups is 2. The lowest BCUT2D eigenvalue weighted by molar-refractivity contribution is -0.120. The molecular formula is C25H22N2O5. The van der Waals surface area contributed by atoms with Gasteiger partial charge in [0.1, 0.15) is 22.9 Å². The van der Waals surface area contributed by atoms with Crippen molar-refractivity contribution in [3.63, 3.8) is 0 Å². The van der Waals surface area contributed by atoms with Crippen LogP contribution in [0, 0.1) is 0 Å². The van der Waals surface area contributed by atoms with Gasteiger partial charge in [-0.1, -0.05) is 12.1 Å². The van der Waals surface area contributed by atoms with Crippen molar-refractivity contribution in [1.82, 2.24) is 0 Å². The van der Waals surface area contributed by atoms with Gasteiger partial charge in [0.25, 0.3) is 11.8 Å². The molecule has 0 radical (unpaired) electrons. The molecule has 32 heavy (non-hydrogen) atoms. The Balaban J connectivity index is 1.76. The summed E-state index contributed by atoms with van der Waals surface area (Å²) in [7, 11) is 4.71. The van der Waals surface area contributed by atoms with E-state index in [4.69, 9.17) is 14.2 Å². The number of hydrogen-bond donors (Lipinski definition) is 1. The van der Waals surface area contributed by atoms with Crippen LogP contribution >= 0.6 is 0 Å². The number of imide groups is 1. The van der Waals surface area contributed by atoms with Crippen molar-refractivity contribution in [2.24, 2.45) is 0 Å². The summed E-state index contributed by atoms with van der Waals surface area (Å²) in [6.07, 6.45) is 0. The molecule has 0 aromatic heterocycles. The highest BCUT2D eigenvalue weighted by atomic mass is 16.5. The maximum atomic E-state index is 13.5. The molecule has 0 aliphatic carbocycles. The Bertz CT molecular complexity index is 1170. The van der Waals surface area contributed by atoms with E-state index in [1.54, 1.807) is 94.1 Å². The molecule has 1 heterocycles. The van der Waals surface area contributed by atoms with Crippen LogP contribution in [-0.4, -0.2) is 33.1 Å². The largest absolute Gasteiger partial charge is 0.497 e. The van der Waals surface area contributed by atoms with Crippen molar-refractivity contribution in [3.05, 3.63) is 84.1 Å². The standard InChI is InChI=1S/C25H22N2O5/c1-30-19-10-4-16(5-11-19)22-23(26-17-6-12-20(31-2)13-7-17)25(29)27(24(22)28)18-8-14-21(32-3)15-9-18/h4-15,26H,1-3H3. The lowest BCUT2D eigenvalue weighted by Gasteiger charge is -2.16. The zero-order valence-corrected chi connectivity index (χ0v) is 17.9. The van der Waals surface area contributed by atoms with Crippen LogP contribution in [0.1, 0.15) is 5.56 Å². The number of amides is 2. The minimum atomic E-state index is -0.443. The van der Waals surface area contributed by atoms with Gasteiger partial charge < -0.3 is 19.5 Å². The van der Waals surface area contributed by atoms with E-state index in [2.05, 4.69) is 5.32 Å². The molecule has 0 unspecified atom stereocenters. The summed E-state index contributed by atoms with van der Waals surface area (Å²) in [5, 5.41) is 3.13. The minimum absolute atomic E-state index is 0.196. The number of hydrogen-bond acceptors (Lipinski definition) is 6. The van der Waals surface area contributed by atoms with Crippen molar-refractivity contribution in [2.75, 3.05) is 31.5 Å². The Morgan fingerprint density at radius 2 is 1.09 bits per heavy atom. The Labute approximate surface area is 185 Å². The van der Waals surface area contributed by atoms with Crippen molar-refractivity contribution in [2.45, 2.75) is 0 Å². The summed E-state index contributed by atoms with van der Waals surface area (Å²) in [6, 6.07) is 20.9. The zero-order chi connectivity index (χ0) is 22.7. The third-order valence-electron chi connectivity index (χ3n) is 5.15. The molecule has 7 heteroatoms. The van der Waals surface area contributed by atoms with E-state index < -0.39 is 11.8 Å². The summed E-state index contributed by atoms with van der Waals surface area (Å²) in [6.45, 7) is 0. The predicted octanol–water partition coefficient (Wildman–Crippen LogP) is 4.11. The molecule has 0 atom stereocenters. The van der Waals surface area contributed by atoms with Gasteiger partial charge in [-0.25, -0.2) is 4.90 Å². The van der Waals surface area contributed by atoms with E-state index >= 15 is 0 Å². The first-order valence-electron chi connectivity index (χ1n) is 9.88. The van der Waals surface area contributed by atoms with Crippen LogP contribution in [0.25, 0.3) is 5.57 Å². The van der Waals surface area contributed by atoms with Crippen molar-refractivity contribution >= 4 is 28.8 Å². The van der Waals surface area contributed by atoms with Crippen LogP contribution in [0.3, 0.4) is 0 Å². The molecule has 0 fully saturated rings. The number of rotatable bonds is 7. The number of methoxy groups -OCH3 is 3. The number of nitrogens with zero attached hydrogens (tertiary/aromatic N) is 1. The normalized spacial score (nSPS) is 13.4. The van der Waals surface area contributed by atoms with Crippen molar-refractivity contribution in [1.29, 1.82) is 0 Å². The van der Waals surface area contributed by atoms with Crippen molar-refractivity contribution < 1.29 is 23.8 Å². The van der Waals surface area contributed by atoms with E-state index in [0.29, 0.717) is 34.2 Å². The topological polar surface area (TPSA) is 77.1 Å². The summed E-state index contributed by atoms with van der Waals surface area (Å²) in [5.41, 5.74) is 2.20. The average Bonchev–Trinajstić information content (AvgIpc) is 3.08. The summed E-state index contributed by atoms with van der Waals surface area (Å²) < 4.78 is 15.6. The molecule has 0 bridgehead atoms. The van der Waals surface area contributed by atoms with E-state index in [0.717, 1.165) is 4.90 Å². The average molecular weight is 430 g/mol. The second-order valence-corrected chi connectivity index (χ2v) is 6.98. The van der Waals surface area contributed by atoms with E-state index in [1.165, 1.54) is 0 Å². The fraction of sp³-hybridized carbons (Fsp3) is 0.120. The molecule has 0 saturated heterocycles. The first-order valence-corrected chi connectivity index (χ1v) is 9.88. The van der Waals surface area contributed by atoms with E-state index in [9.17, 15) is 9.59 Å². The Morgan fingerprint density at radius 3 is 1.59 bits per heavy atom. The van der Waals surface area contributed by atoms with Gasteiger partial charge in [0.15, 0.2) is 0 Å². The molecular weight excluding hydrogens is 408 g/mol. The highest BCUT2D eigenvalue weighted by Crippen LogP contribution is 2.35. The molecule has 4 rings (SSSR count). The Kier molecular flexibility index (Phi) is 5.81. The fourth-order valence-electron chi connectivity index (χ4n) is 3.46. The molecule has 0 saturated carbocycles. The zero-order valence-electron chi connectivity index (χ0n) is 17.9. The summed E-state index contributed by atoms with van der Waals surface area (Å²) in [5.74, 6) is 1.12. The van der Waals surface area contributed by atoms with Gasteiger partial charge in [0.2, 0.25) is 0 Å². The molecule has 2 amide bonds. The summed E-state index contributed by atoms with van der Waals surface area (Å²) in [4.78, 5) is 28.0. The quantitative estimate of drug-likeness (QED) is 0.569. The SMILES string of the molecule is COc1ccc(NC2=C(c3ccc(OC)cc3)C(=O)N(c3ccc(OC)cc3)C2=O)cc1. The van der Waals surface area contributed by atoms with Gasteiger partial charge in [-0.05, 0) is 66.2 Å². The maximum absolute atomic E-state index is 13.5. The molecule has 0 spiro atoms. The Hall–Kier alpha value is -4.26. The highest BCUT2D eigenvalue weighted by Gasteiger charge is 2.40. The predicted molar refractivity (Wildman–Crippen MR) is 122 cm³/mol. The lowest BCUT2D eigenvalue weighted by Crippen LogP contribution is -2.32. The highest BCUT2D eigenvalue weighted by molar-refractivity contribution is 6.46. The van der Waals surface area contributed by atoms with E-state index in [1.807, 2.05) is 0 Å². The van der Waals surface area contributed by atoms with Crippen LogP contribution < -0.4 is 24.4 Å². The molecule has 3 aromatic rings. The Morgan fingerprint density at radius 1 is 0.625 bits per heavy atom. The maximum Gasteiger partial charge on any atom is 0.282 e. The van der Waals surface area contributed by atoms with Crippen LogP contribution in [0.2, 0.25) is 0 Å². The second kappa shape index (κ2) is 8.85. The number of anilines is 2. The molecule has 7 nitrogen and oxygen atoms in total. The third kappa shape index (κ3) is 3.88. The smallest absolute Gasteiger partial charge is 0.282 e. The van der Waals surface area contributed by atoms with Crippen LogP contribution in [0.5, 0.6) is 17.2 Å². The number of nitrogens with one attached hydrogen (secondary N) is 1. The first kappa shape index (κ1) is 21.0. The van der Waals surface area contributed by atoms with Gasteiger partial charge in [-0.3, -0.25) is 9.59 Å². The van der Waals surface area contributed by atoms with Crippen LogP contribution in [0.4, 0.5) is 11.4 Å². The molecule has 162 valence electrons.